The largest absolute Gasteiger partial charge is 0.471 e. The molecular weight excluding hydrogens is 373 g/mol. The van der Waals surface area contributed by atoms with E-state index in [1.165, 1.54) is 7.11 Å². The molecule has 2 aliphatic heterocycles. The molecule has 28 heavy (non-hydrogen) atoms. The molecule has 0 aliphatic carbocycles. The number of rotatable bonds is 1. The first-order chi connectivity index (χ1) is 13.3. The Kier molecular flexibility index (Phi) is 4.24. The predicted octanol–water partition coefficient (Wildman–Crippen LogP) is 3.77. The van der Waals surface area contributed by atoms with Crippen LogP contribution in [0.1, 0.15) is 31.1 Å². The fourth-order valence-electron chi connectivity index (χ4n) is 4.57. The normalized spacial score (nSPS) is 25.7. The number of halogens is 3. The molecular formula is C20H19F3N2O3. The minimum Gasteiger partial charge on any atom is -0.467 e. The molecule has 0 radical (unpaired) electrons. The van der Waals surface area contributed by atoms with Crippen LogP contribution in [0.4, 0.5) is 13.2 Å². The first kappa shape index (κ1) is 18.6. The van der Waals surface area contributed by atoms with Gasteiger partial charge >= 0.3 is 18.1 Å². The van der Waals surface area contributed by atoms with Gasteiger partial charge in [0, 0.05) is 23.7 Å². The summed E-state index contributed by atoms with van der Waals surface area (Å²) < 4.78 is 46.5. The number of methoxy groups -OCH3 is 1. The van der Waals surface area contributed by atoms with Gasteiger partial charge in [0.2, 0.25) is 0 Å². The molecule has 5 nitrogen and oxygen atoms in total. The second kappa shape index (κ2) is 6.39. The first-order valence-electron chi connectivity index (χ1n) is 8.98. The van der Waals surface area contributed by atoms with Gasteiger partial charge in [-0.3, -0.25) is 4.79 Å². The minimum absolute atomic E-state index is 0.154. The molecule has 3 heterocycles. The van der Waals surface area contributed by atoms with E-state index in [1.54, 1.807) is 23.6 Å². The van der Waals surface area contributed by atoms with Gasteiger partial charge in [-0.1, -0.05) is 24.3 Å². The third kappa shape index (κ3) is 2.62. The quantitative estimate of drug-likeness (QED) is 0.548. The minimum atomic E-state index is -4.96. The van der Waals surface area contributed by atoms with Gasteiger partial charge in [0.05, 0.1) is 13.2 Å². The Morgan fingerprint density at radius 2 is 1.96 bits per heavy atom. The van der Waals surface area contributed by atoms with Crippen LogP contribution < -0.4 is 0 Å². The van der Waals surface area contributed by atoms with E-state index in [2.05, 4.69) is 0 Å². The Hall–Kier alpha value is -2.77. The van der Waals surface area contributed by atoms with Crippen molar-refractivity contribution in [3.05, 3.63) is 47.7 Å². The summed E-state index contributed by atoms with van der Waals surface area (Å²) in [6.07, 6.45) is -3.01. The van der Waals surface area contributed by atoms with E-state index in [4.69, 9.17) is 4.74 Å². The third-order valence-corrected chi connectivity index (χ3v) is 5.78. The number of fused-ring (bicyclic) bond motifs is 6. The molecule has 2 bridgehead atoms. The molecule has 1 saturated heterocycles. The number of carbonyl (C=O) groups excluding carboxylic acids is 2. The van der Waals surface area contributed by atoms with Gasteiger partial charge in [0.1, 0.15) is 6.04 Å². The lowest BCUT2D eigenvalue weighted by molar-refractivity contribution is -0.189. The molecule has 1 amide bonds. The van der Waals surface area contributed by atoms with Crippen molar-refractivity contribution in [1.82, 2.24) is 9.47 Å². The van der Waals surface area contributed by atoms with Gasteiger partial charge in [-0.2, -0.15) is 13.2 Å². The molecule has 8 heteroatoms. The lowest BCUT2D eigenvalue weighted by Gasteiger charge is -2.48. The van der Waals surface area contributed by atoms with Crippen LogP contribution in [0.25, 0.3) is 10.9 Å². The van der Waals surface area contributed by atoms with Crippen LogP contribution in [-0.2, 0) is 14.3 Å². The molecule has 2 aliphatic rings. The monoisotopic (exact) mass is 392 g/mol. The number of carbonyl (C=O) groups is 2. The van der Waals surface area contributed by atoms with Gasteiger partial charge in [0.25, 0.3) is 0 Å². The third-order valence-electron chi connectivity index (χ3n) is 5.78. The molecule has 0 N–H and O–H groups in total. The number of allylic oxidation sites excluding steroid dienone is 1. The molecule has 3 atom stereocenters. The maximum atomic E-state index is 13.2. The van der Waals surface area contributed by atoms with E-state index in [9.17, 15) is 22.8 Å². The lowest BCUT2D eigenvalue weighted by Crippen LogP contribution is -2.52. The lowest BCUT2D eigenvalue weighted by atomic mass is 9.77. The predicted molar refractivity (Wildman–Crippen MR) is 95.4 cm³/mol. The fraction of sp³-hybridized carbons (Fsp3) is 0.400. The highest BCUT2D eigenvalue weighted by molar-refractivity contribution is 5.87. The Morgan fingerprint density at radius 3 is 2.61 bits per heavy atom. The van der Waals surface area contributed by atoms with E-state index in [0.717, 1.165) is 15.8 Å². The van der Waals surface area contributed by atoms with Gasteiger partial charge in [-0.25, -0.2) is 4.79 Å². The molecule has 0 unspecified atom stereocenters. The number of esters is 1. The first-order valence-corrected chi connectivity index (χ1v) is 8.98. The number of alkyl halides is 3. The summed E-state index contributed by atoms with van der Waals surface area (Å²) in [6.45, 7) is 1.56. The summed E-state index contributed by atoms with van der Waals surface area (Å²) in [6, 6.07) is 7.63. The van der Waals surface area contributed by atoms with Crippen molar-refractivity contribution in [2.45, 2.75) is 31.6 Å². The van der Waals surface area contributed by atoms with E-state index < -0.39 is 30.1 Å². The number of aromatic nitrogens is 1. The molecule has 0 spiro atoms. The van der Waals surface area contributed by atoms with Gasteiger partial charge in [-0.05, 0) is 36.4 Å². The zero-order valence-corrected chi connectivity index (χ0v) is 15.4. The number of hydrogen-bond donors (Lipinski definition) is 0. The molecule has 2 aromatic rings. The van der Waals surface area contributed by atoms with Crippen LogP contribution in [0.5, 0.6) is 0 Å². The number of ether oxygens (including phenoxy) is 1. The second-order valence-electron chi connectivity index (χ2n) is 7.12. The molecule has 0 saturated carbocycles. The summed E-state index contributed by atoms with van der Waals surface area (Å²) in [5.41, 5.74) is 1.90. The summed E-state index contributed by atoms with van der Waals surface area (Å²) in [4.78, 5) is 25.7. The van der Waals surface area contributed by atoms with Crippen molar-refractivity contribution in [2.75, 3.05) is 13.7 Å². The van der Waals surface area contributed by atoms with Crippen molar-refractivity contribution < 1.29 is 27.5 Å². The molecule has 4 rings (SSSR count). The maximum Gasteiger partial charge on any atom is 0.471 e. The van der Waals surface area contributed by atoms with Crippen molar-refractivity contribution in [3.63, 3.8) is 0 Å². The number of benzene rings is 1. The zero-order valence-electron chi connectivity index (χ0n) is 15.4. The maximum absolute atomic E-state index is 13.2. The van der Waals surface area contributed by atoms with Crippen molar-refractivity contribution in [1.29, 1.82) is 0 Å². The fourth-order valence-corrected chi connectivity index (χ4v) is 4.57. The Balaban J connectivity index is 1.96. The van der Waals surface area contributed by atoms with Crippen LogP contribution in [0, 0.1) is 5.92 Å². The SMILES string of the molecule is C/C=C1/CN(C(=O)C(F)(F)F)[C@H]2C[C@@H]1[C@H](C(=O)OC)n1c2cc2ccccc21. The second-order valence-corrected chi connectivity index (χ2v) is 7.12. The Labute approximate surface area is 159 Å². The number of amides is 1. The average Bonchev–Trinajstić information content (AvgIpc) is 3.06. The van der Waals surface area contributed by atoms with E-state index in [1.807, 2.05) is 24.3 Å². The number of piperidine rings is 1. The highest BCUT2D eigenvalue weighted by atomic mass is 19.4. The van der Waals surface area contributed by atoms with Crippen molar-refractivity contribution in [3.8, 4) is 0 Å². The molecule has 1 fully saturated rings. The Morgan fingerprint density at radius 1 is 1.25 bits per heavy atom. The number of hydrogen-bond acceptors (Lipinski definition) is 3. The van der Waals surface area contributed by atoms with Crippen LogP contribution >= 0.6 is 0 Å². The zero-order chi connectivity index (χ0) is 20.2. The van der Waals surface area contributed by atoms with E-state index in [-0.39, 0.29) is 18.9 Å². The van der Waals surface area contributed by atoms with Crippen LogP contribution in [-0.4, -0.2) is 41.2 Å². The highest BCUT2D eigenvalue weighted by Crippen LogP contribution is 2.50. The summed E-state index contributed by atoms with van der Waals surface area (Å²) >= 11 is 0. The molecule has 1 aromatic carbocycles. The highest BCUT2D eigenvalue weighted by Gasteiger charge is 2.52. The molecule has 1 aromatic heterocycles. The van der Waals surface area contributed by atoms with E-state index >= 15 is 0 Å². The van der Waals surface area contributed by atoms with Gasteiger partial charge in [-0.15, -0.1) is 0 Å². The van der Waals surface area contributed by atoms with Crippen molar-refractivity contribution in [2.24, 2.45) is 5.92 Å². The average molecular weight is 392 g/mol. The van der Waals surface area contributed by atoms with Crippen LogP contribution in [0.3, 0.4) is 0 Å². The smallest absolute Gasteiger partial charge is 0.467 e. The number of para-hydroxylation sites is 1. The van der Waals surface area contributed by atoms with Crippen LogP contribution in [0.15, 0.2) is 42.0 Å². The molecule has 148 valence electrons. The topological polar surface area (TPSA) is 51.5 Å². The number of likely N-dealkylation sites (tertiary alicyclic amines) is 1. The van der Waals surface area contributed by atoms with Gasteiger partial charge < -0.3 is 14.2 Å². The number of nitrogens with zero attached hydrogens (tertiary/aromatic N) is 2. The van der Waals surface area contributed by atoms with Crippen molar-refractivity contribution >= 4 is 22.8 Å². The summed E-state index contributed by atoms with van der Waals surface area (Å²) in [5, 5.41) is 0.806. The van der Waals surface area contributed by atoms with Gasteiger partial charge in [0.15, 0.2) is 0 Å². The van der Waals surface area contributed by atoms with Crippen LogP contribution in [0.2, 0.25) is 0 Å². The Bertz CT molecular complexity index is 992. The summed E-state index contributed by atoms with van der Waals surface area (Å²) in [5.74, 6) is -2.63. The standard InChI is InChI=1S/C20H19F3N2O3/c1-3-11-10-24(19(27)20(21,22)23)15-9-13(11)17(18(26)28-2)25-14-7-5-4-6-12(14)8-16(15)25/h3-8,13,15,17H,9-10H2,1-2H3/b11-3-/t13-,15-,17+/m0/s1. The summed E-state index contributed by atoms with van der Waals surface area (Å²) in [7, 11) is 1.30. The van der Waals surface area contributed by atoms with E-state index in [0.29, 0.717) is 11.3 Å².